The van der Waals surface area contributed by atoms with Crippen LogP contribution in [0.15, 0.2) is 48.5 Å². The summed E-state index contributed by atoms with van der Waals surface area (Å²) in [6.45, 7) is 1.29. The molecule has 0 unspecified atom stereocenters. The van der Waals surface area contributed by atoms with E-state index >= 15 is 0 Å². The molecule has 0 fully saturated rings. The Bertz CT molecular complexity index is 1070. The van der Waals surface area contributed by atoms with E-state index in [4.69, 9.17) is 17.3 Å². The monoisotopic (exact) mass is 392 g/mol. The number of fused-ring (bicyclic) bond motifs is 1. The fourth-order valence-corrected chi connectivity index (χ4v) is 3.90. The number of benzene rings is 1. The molecule has 142 valence electrons. The highest BCUT2D eigenvalue weighted by molar-refractivity contribution is 7.17. The van der Waals surface area contributed by atoms with Gasteiger partial charge in [0.1, 0.15) is 0 Å². The van der Waals surface area contributed by atoms with Crippen LogP contribution in [0.4, 0.5) is 17.2 Å². The van der Waals surface area contributed by atoms with Crippen molar-refractivity contribution in [1.29, 1.82) is 0 Å². The lowest BCUT2D eigenvalue weighted by Crippen LogP contribution is -2.31. The first-order valence-electron chi connectivity index (χ1n) is 8.73. The van der Waals surface area contributed by atoms with Gasteiger partial charge >= 0.3 is 0 Å². The highest BCUT2D eigenvalue weighted by Crippen LogP contribution is 2.31. The molecule has 0 aliphatic carbocycles. The number of hydrogen-bond donors (Lipinski definition) is 4. The van der Waals surface area contributed by atoms with Crippen LogP contribution in [0, 0.1) is 0 Å². The Morgan fingerprint density at radius 1 is 1.21 bits per heavy atom. The molecule has 4 rings (SSSR count). The fourth-order valence-electron chi connectivity index (χ4n) is 3.07. The predicted octanol–water partition coefficient (Wildman–Crippen LogP) is 2.81. The van der Waals surface area contributed by atoms with Gasteiger partial charge in [-0.25, -0.2) is 10.8 Å². The molecule has 7 N–H and O–H groups in total. The second kappa shape index (κ2) is 7.34. The number of nitrogen functional groups attached to an aromatic ring is 1. The first kappa shape index (κ1) is 18.0. The van der Waals surface area contributed by atoms with Crippen LogP contribution < -0.4 is 27.6 Å². The zero-order chi connectivity index (χ0) is 19.7. The van der Waals surface area contributed by atoms with Crippen LogP contribution in [0.3, 0.4) is 0 Å². The third-order valence-electron chi connectivity index (χ3n) is 4.46. The summed E-state index contributed by atoms with van der Waals surface area (Å²) < 4.78 is 0. The van der Waals surface area contributed by atoms with Crippen LogP contribution in [0.2, 0.25) is 0 Å². The number of rotatable bonds is 5. The molecular weight excluding hydrogens is 372 g/mol. The van der Waals surface area contributed by atoms with Crippen molar-refractivity contribution in [3.05, 3.63) is 64.5 Å². The summed E-state index contributed by atoms with van der Waals surface area (Å²) in [6, 6.07) is 13.2. The van der Waals surface area contributed by atoms with Crippen molar-refractivity contribution in [3.63, 3.8) is 0 Å². The van der Waals surface area contributed by atoms with Gasteiger partial charge in [0.05, 0.1) is 27.7 Å². The molecule has 3 aromatic rings. The summed E-state index contributed by atoms with van der Waals surface area (Å²) in [6.07, 6.45) is 4.17. The second-order valence-electron chi connectivity index (χ2n) is 6.47. The van der Waals surface area contributed by atoms with E-state index in [1.165, 1.54) is 16.3 Å². The molecule has 0 atom stereocenters. The van der Waals surface area contributed by atoms with Gasteiger partial charge in [-0.3, -0.25) is 9.80 Å². The zero-order valence-corrected chi connectivity index (χ0v) is 15.9. The molecule has 0 bridgehead atoms. The number of anilines is 3. The molecular formula is C20H20N6OS. The maximum absolute atomic E-state index is 11.3. The first-order valence-corrected chi connectivity index (χ1v) is 9.55. The number of carbonyl (C=O) groups excluding carboxylic acids is 1. The van der Waals surface area contributed by atoms with Gasteiger partial charge < -0.3 is 16.8 Å². The quantitative estimate of drug-likeness (QED) is 0.391. The van der Waals surface area contributed by atoms with Crippen molar-refractivity contribution < 1.29 is 4.79 Å². The fraction of sp³-hybridized carbons (Fsp3) is 0.100. The van der Waals surface area contributed by atoms with Gasteiger partial charge in [-0.15, -0.1) is 11.3 Å². The molecule has 0 saturated carbocycles. The number of hydrogen-bond acceptors (Lipinski definition) is 7. The smallest absolute Gasteiger partial charge is 0.258 e. The highest BCUT2D eigenvalue weighted by atomic mass is 32.1. The van der Waals surface area contributed by atoms with E-state index in [0.717, 1.165) is 28.2 Å². The second-order valence-corrected chi connectivity index (χ2v) is 7.55. The Labute approximate surface area is 166 Å². The average molecular weight is 392 g/mol. The number of nitrogens with zero attached hydrogens (tertiary/aromatic N) is 2. The standard InChI is InChI=1S/C20H20N6OS/c21-14-4-6-16(17-7-8-18(28-17)19(22)27)25-20(14)26(23)11-12-3-5-15-13(10-12)2-1-9-24-15/h1-8,10,24H,9,11,21,23H2,(H2,22,27). The minimum Gasteiger partial charge on any atom is -0.396 e. The number of pyridine rings is 1. The predicted molar refractivity (Wildman–Crippen MR) is 115 cm³/mol. The number of amides is 1. The van der Waals surface area contributed by atoms with Gasteiger partial charge in [-0.2, -0.15) is 0 Å². The van der Waals surface area contributed by atoms with Crippen LogP contribution in [-0.4, -0.2) is 17.4 Å². The summed E-state index contributed by atoms with van der Waals surface area (Å²) in [5.41, 5.74) is 15.9. The Balaban J connectivity index is 1.59. The van der Waals surface area contributed by atoms with Gasteiger partial charge in [0.2, 0.25) is 0 Å². The van der Waals surface area contributed by atoms with E-state index in [9.17, 15) is 4.79 Å². The third-order valence-corrected chi connectivity index (χ3v) is 5.58. The Morgan fingerprint density at radius 3 is 2.86 bits per heavy atom. The van der Waals surface area contributed by atoms with E-state index < -0.39 is 5.91 Å². The Kier molecular flexibility index (Phi) is 4.72. The molecule has 0 spiro atoms. The molecule has 2 aromatic heterocycles. The van der Waals surface area contributed by atoms with Crippen LogP contribution >= 0.6 is 11.3 Å². The summed E-state index contributed by atoms with van der Waals surface area (Å²) in [7, 11) is 0. The number of nitrogens with two attached hydrogens (primary N) is 3. The largest absolute Gasteiger partial charge is 0.396 e. The molecule has 28 heavy (non-hydrogen) atoms. The lowest BCUT2D eigenvalue weighted by Gasteiger charge is -2.21. The normalized spacial score (nSPS) is 12.3. The first-order chi connectivity index (χ1) is 13.5. The SMILES string of the molecule is NC(=O)c1ccc(-c2ccc(N)c(N(N)Cc3ccc4c(c3)C=CCN4)n2)s1. The third kappa shape index (κ3) is 3.55. The molecule has 0 radical (unpaired) electrons. The van der Waals surface area contributed by atoms with Gasteiger partial charge in [-0.05, 0) is 47.5 Å². The van der Waals surface area contributed by atoms with Gasteiger partial charge in [0.15, 0.2) is 5.82 Å². The van der Waals surface area contributed by atoms with E-state index in [1.807, 2.05) is 18.2 Å². The number of nitrogens with one attached hydrogen (secondary N) is 1. The summed E-state index contributed by atoms with van der Waals surface area (Å²) in [4.78, 5) is 17.3. The molecule has 8 heteroatoms. The number of aromatic nitrogens is 1. The van der Waals surface area contributed by atoms with Crippen molar-refractivity contribution in [1.82, 2.24) is 4.98 Å². The Morgan fingerprint density at radius 2 is 2.07 bits per heavy atom. The average Bonchev–Trinajstić information content (AvgIpc) is 3.19. The van der Waals surface area contributed by atoms with Gasteiger partial charge in [0, 0.05) is 12.2 Å². The number of thiophene rings is 1. The van der Waals surface area contributed by atoms with Gasteiger partial charge in [-0.1, -0.05) is 18.2 Å². The highest BCUT2D eigenvalue weighted by Gasteiger charge is 2.14. The molecule has 3 heterocycles. The molecule has 1 aliphatic heterocycles. The molecule has 7 nitrogen and oxygen atoms in total. The number of primary amides is 1. The van der Waals surface area contributed by atoms with Crippen molar-refractivity contribution >= 4 is 40.5 Å². The van der Waals surface area contributed by atoms with E-state index in [-0.39, 0.29) is 0 Å². The number of hydrazine groups is 1. The lowest BCUT2D eigenvalue weighted by atomic mass is 10.1. The summed E-state index contributed by atoms with van der Waals surface area (Å²) in [5, 5.41) is 4.85. The minimum absolute atomic E-state index is 0.455. The van der Waals surface area contributed by atoms with Crippen LogP contribution in [0.25, 0.3) is 16.6 Å². The van der Waals surface area contributed by atoms with Crippen molar-refractivity contribution in [2.75, 3.05) is 22.6 Å². The lowest BCUT2D eigenvalue weighted by molar-refractivity contribution is 0.100. The molecule has 0 saturated heterocycles. The van der Waals surface area contributed by atoms with Crippen LogP contribution in [0.5, 0.6) is 0 Å². The maximum Gasteiger partial charge on any atom is 0.258 e. The number of carbonyl (C=O) groups is 1. The van der Waals surface area contributed by atoms with E-state index in [2.05, 4.69) is 28.5 Å². The van der Waals surface area contributed by atoms with Crippen molar-refractivity contribution in [2.24, 2.45) is 11.6 Å². The summed E-state index contributed by atoms with van der Waals surface area (Å²) in [5.74, 6) is 6.32. The summed E-state index contributed by atoms with van der Waals surface area (Å²) >= 11 is 1.29. The van der Waals surface area contributed by atoms with Crippen LogP contribution in [-0.2, 0) is 6.54 Å². The van der Waals surface area contributed by atoms with E-state index in [1.54, 1.807) is 18.2 Å². The minimum atomic E-state index is -0.455. The molecule has 1 amide bonds. The van der Waals surface area contributed by atoms with Crippen LogP contribution in [0.1, 0.15) is 20.8 Å². The Hall–Kier alpha value is -3.36. The van der Waals surface area contributed by atoms with Gasteiger partial charge in [0.25, 0.3) is 5.91 Å². The topological polar surface area (TPSA) is 123 Å². The molecule has 1 aromatic carbocycles. The van der Waals surface area contributed by atoms with E-state index in [0.29, 0.717) is 28.6 Å². The molecule has 1 aliphatic rings. The van der Waals surface area contributed by atoms with Crippen molar-refractivity contribution in [3.8, 4) is 10.6 Å². The maximum atomic E-state index is 11.3. The zero-order valence-electron chi connectivity index (χ0n) is 15.1. The van der Waals surface area contributed by atoms with Crippen molar-refractivity contribution in [2.45, 2.75) is 6.54 Å².